The van der Waals surface area contributed by atoms with Crippen LogP contribution in [0.2, 0.25) is 5.02 Å². The third kappa shape index (κ3) is 1.69. The van der Waals surface area contributed by atoms with Gasteiger partial charge in [-0.2, -0.15) is 0 Å². The minimum Gasteiger partial charge on any atom is -0.136 e. The normalized spacial score (nSPS) is 10.6. The molecule has 1 aromatic carbocycles. The first kappa shape index (κ1) is 7.51. The first-order chi connectivity index (χ1) is 4.84. The quantitative estimate of drug-likeness (QED) is 0.582. The molecule has 2 nitrogen and oxygen atoms in total. The van der Waals surface area contributed by atoms with E-state index in [1.165, 1.54) is 0 Å². The number of hydrogen-bond acceptors (Lipinski definition) is 2. The molecule has 0 amide bonds. The molecule has 52 valence electrons. The summed E-state index contributed by atoms with van der Waals surface area (Å²) in [4.78, 5) is 0. The van der Waals surface area contributed by atoms with Gasteiger partial charge < -0.3 is 0 Å². The Bertz CT molecular complexity index is 247. The Morgan fingerprint density at radius 1 is 1.20 bits per heavy atom. The van der Waals surface area contributed by atoms with Gasteiger partial charge in [0.15, 0.2) is 0 Å². The van der Waals surface area contributed by atoms with Crippen LogP contribution in [0.15, 0.2) is 34.0 Å². The van der Waals surface area contributed by atoms with Crippen LogP contribution in [0.1, 0.15) is 0 Å². The fraction of sp³-hybridized carbons (Fsp3) is 0. The molecule has 0 N–H and O–H groups in total. The third-order valence-corrected chi connectivity index (χ3v) is 1.39. The Hall–Kier alpha value is -0.600. The number of benzene rings is 1. The van der Waals surface area contributed by atoms with E-state index in [0.717, 1.165) is 0 Å². The molecule has 0 aliphatic carbocycles. The summed E-state index contributed by atoms with van der Waals surface area (Å²) in [5.41, 5.74) is 0.583. The van der Waals surface area contributed by atoms with Crippen molar-refractivity contribution >= 4 is 29.1 Å². The van der Waals surface area contributed by atoms with Crippen LogP contribution in [-0.4, -0.2) is 0 Å². The van der Waals surface area contributed by atoms with Gasteiger partial charge in [0.25, 0.3) is 0 Å². The van der Waals surface area contributed by atoms with Crippen LogP contribution in [0, 0.1) is 0 Å². The SMILES string of the molecule is ClN=Nc1ccccc1Cl. The predicted octanol–water partition coefficient (Wildman–Crippen LogP) is 3.58. The van der Waals surface area contributed by atoms with Crippen LogP contribution in [0.4, 0.5) is 5.69 Å². The van der Waals surface area contributed by atoms with E-state index in [9.17, 15) is 0 Å². The smallest absolute Gasteiger partial charge is 0.105 e. The maximum absolute atomic E-state index is 5.69. The zero-order valence-corrected chi connectivity index (χ0v) is 6.47. The summed E-state index contributed by atoms with van der Waals surface area (Å²) < 4.78 is 3.08. The molecule has 0 aliphatic rings. The summed E-state index contributed by atoms with van der Waals surface area (Å²) in [6.07, 6.45) is 0. The highest BCUT2D eigenvalue weighted by atomic mass is 35.5. The van der Waals surface area contributed by atoms with Crippen LogP contribution in [0.5, 0.6) is 0 Å². The van der Waals surface area contributed by atoms with Crippen LogP contribution in [0.25, 0.3) is 0 Å². The van der Waals surface area contributed by atoms with Gasteiger partial charge >= 0.3 is 0 Å². The molecule has 0 bridgehead atoms. The molecule has 0 spiro atoms. The van der Waals surface area contributed by atoms with E-state index in [4.69, 9.17) is 23.4 Å². The molecule has 10 heavy (non-hydrogen) atoms. The van der Waals surface area contributed by atoms with Gasteiger partial charge in [-0.25, -0.2) is 0 Å². The van der Waals surface area contributed by atoms with Crippen molar-refractivity contribution in [2.24, 2.45) is 9.75 Å². The van der Waals surface area contributed by atoms with E-state index in [1.807, 2.05) is 12.1 Å². The zero-order chi connectivity index (χ0) is 7.40. The highest BCUT2D eigenvalue weighted by molar-refractivity contribution is 6.32. The van der Waals surface area contributed by atoms with Crippen LogP contribution in [0.3, 0.4) is 0 Å². The summed E-state index contributed by atoms with van der Waals surface area (Å²) in [7, 11) is 0. The van der Waals surface area contributed by atoms with Crippen molar-refractivity contribution in [2.75, 3.05) is 0 Å². The van der Waals surface area contributed by atoms with Gasteiger partial charge in [-0.05, 0) is 12.1 Å². The molecule has 0 aliphatic heterocycles. The molecule has 4 heteroatoms. The number of hydrogen-bond donors (Lipinski definition) is 0. The Morgan fingerprint density at radius 2 is 1.90 bits per heavy atom. The Balaban J connectivity index is 3.03. The van der Waals surface area contributed by atoms with Gasteiger partial charge in [0.1, 0.15) is 5.69 Å². The lowest BCUT2D eigenvalue weighted by atomic mass is 10.3. The van der Waals surface area contributed by atoms with Gasteiger partial charge in [0.05, 0.1) is 16.8 Å². The number of halogens is 2. The highest BCUT2D eigenvalue weighted by Crippen LogP contribution is 2.23. The predicted molar refractivity (Wildman–Crippen MR) is 41.8 cm³/mol. The molecule has 1 rings (SSSR count). The van der Waals surface area contributed by atoms with Crippen molar-refractivity contribution in [3.63, 3.8) is 0 Å². The van der Waals surface area contributed by atoms with Crippen LogP contribution in [-0.2, 0) is 0 Å². The van der Waals surface area contributed by atoms with Gasteiger partial charge in [0.2, 0.25) is 0 Å². The summed E-state index contributed by atoms with van der Waals surface area (Å²) >= 11 is 10.7. The van der Waals surface area contributed by atoms with Crippen LogP contribution >= 0.6 is 23.4 Å². The molecule has 0 saturated heterocycles. The monoisotopic (exact) mass is 174 g/mol. The molecule has 0 saturated carbocycles. The maximum atomic E-state index is 5.69. The first-order valence-electron chi connectivity index (χ1n) is 2.61. The Morgan fingerprint density at radius 3 is 2.50 bits per heavy atom. The van der Waals surface area contributed by atoms with Crippen molar-refractivity contribution in [3.05, 3.63) is 29.3 Å². The Kier molecular flexibility index (Phi) is 2.66. The van der Waals surface area contributed by atoms with Gasteiger partial charge in [0, 0.05) is 0 Å². The summed E-state index contributed by atoms with van der Waals surface area (Å²) in [6.45, 7) is 0. The summed E-state index contributed by atoms with van der Waals surface area (Å²) in [6, 6.07) is 7.08. The van der Waals surface area contributed by atoms with Crippen molar-refractivity contribution in [1.82, 2.24) is 0 Å². The fourth-order valence-corrected chi connectivity index (χ4v) is 0.829. The molecule has 0 heterocycles. The van der Waals surface area contributed by atoms with Gasteiger partial charge in [-0.1, -0.05) is 28.4 Å². The minimum atomic E-state index is 0.548. The lowest BCUT2D eigenvalue weighted by Gasteiger charge is -1.91. The average molecular weight is 175 g/mol. The number of nitrogens with zero attached hydrogens (tertiary/aromatic N) is 2. The van der Waals surface area contributed by atoms with E-state index in [1.54, 1.807) is 12.1 Å². The minimum absolute atomic E-state index is 0.548. The molecule has 0 aromatic heterocycles. The van der Waals surface area contributed by atoms with Gasteiger partial charge in [-0.15, -0.1) is 5.11 Å². The fourth-order valence-electron chi connectivity index (χ4n) is 0.574. The standard InChI is InChI=1S/C6H4Cl2N2/c7-5-3-1-2-4-6(5)9-10-8/h1-4H. The molecule has 0 radical (unpaired) electrons. The molecule has 0 unspecified atom stereocenters. The van der Waals surface area contributed by atoms with Crippen molar-refractivity contribution < 1.29 is 0 Å². The van der Waals surface area contributed by atoms with Crippen molar-refractivity contribution in [2.45, 2.75) is 0 Å². The van der Waals surface area contributed by atoms with E-state index in [0.29, 0.717) is 10.7 Å². The Labute approximate surface area is 68.6 Å². The average Bonchev–Trinajstić information content (AvgIpc) is 1.94. The zero-order valence-electron chi connectivity index (χ0n) is 4.96. The summed E-state index contributed by atoms with van der Waals surface area (Å²) in [5, 5.41) is 4.11. The third-order valence-electron chi connectivity index (χ3n) is 0.998. The molecule has 0 atom stereocenters. The second-order valence-electron chi connectivity index (χ2n) is 1.63. The van der Waals surface area contributed by atoms with E-state index < -0.39 is 0 Å². The lowest BCUT2D eigenvalue weighted by Crippen LogP contribution is -1.63. The summed E-state index contributed by atoms with van der Waals surface area (Å²) in [5.74, 6) is 0. The van der Waals surface area contributed by atoms with Crippen molar-refractivity contribution in [3.8, 4) is 0 Å². The van der Waals surface area contributed by atoms with Crippen molar-refractivity contribution in [1.29, 1.82) is 0 Å². The second kappa shape index (κ2) is 3.54. The van der Waals surface area contributed by atoms with Gasteiger partial charge in [-0.3, -0.25) is 0 Å². The maximum Gasteiger partial charge on any atom is 0.105 e. The second-order valence-corrected chi connectivity index (χ2v) is 2.19. The largest absolute Gasteiger partial charge is 0.136 e. The number of rotatable bonds is 1. The molecule has 0 fully saturated rings. The van der Waals surface area contributed by atoms with E-state index in [-0.39, 0.29) is 0 Å². The molecular formula is C6H4Cl2N2. The van der Waals surface area contributed by atoms with Crippen LogP contribution < -0.4 is 0 Å². The first-order valence-corrected chi connectivity index (χ1v) is 3.32. The van der Waals surface area contributed by atoms with E-state index in [2.05, 4.69) is 9.75 Å². The molecule has 1 aromatic rings. The topological polar surface area (TPSA) is 24.7 Å². The lowest BCUT2D eigenvalue weighted by molar-refractivity contribution is 1.33. The van der Waals surface area contributed by atoms with E-state index >= 15 is 0 Å². The highest BCUT2D eigenvalue weighted by Gasteiger charge is 1.93. The molecular weight excluding hydrogens is 171 g/mol.